The predicted octanol–water partition coefficient (Wildman–Crippen LogP) is 2.92. The standard InChI is InChI=1S/C15H18N2O2/c1-10(2)11-4-6-12(7-5-11)13-9-16-14(17-13)8-15(18)19-3/h4-7,9-10H,8H2,1-3H3,(H,16,17). The molecule has 0 radical (unpaired) electrons. The minimum absolute atomic E-state index is 0.167. The minimum atomic E-state index is -0.295. The summed E-state index contributed by atoms with van der Waals surface area (Å²) in [5, 5.41) is 0. The Bertz CT molecular complexity index is 556. The Morgan fingerprint density at radius 3 is 2.58 bits per heavy atom. The third-order valence-electron chi connectivity index (χ3n) is 3.06. The first-order valence-electron chi connectivity index (χ1n) is 6.31. The maximum atomic E-state index is 11.2. The van der Waals surface area contributed by atoms with Gasteiger partial charge in [0.1, 0.15) is 12.2 Å². The van der Waals surface area contributed by atoms with E-state index in [0.29, 0.717) is 11.7 Å². The van der Waals surface area contributed by atoms with E-state index in [-0.39, 0.29) is 12.4 Å². The Morgan fingerprint density at radius 1 is 1.32 bits per heavy atom. The molecule has 0 fully saturated rings. The van der Waals surface area contributed by atoms with Crippen molar-refractivity contribution in [2.75, 3.05) is 7.11 Å². The molecule has 19 heavy (non-hydrogen) atoms. The molecule has 4 nitrogen and oxygen atoms in total. The first-order chi connectivity index (χ1) is 9.10. The van der Waals surface area contributed by atoms with Crippen LogP contribution in [0.25, 0.3) is 11.3 Å². The average Bonchev–Trinajstić information content (AvgIpc) is 2.87. The lowest BCUT2D eigenvalue weighted by molar-refractivity contribution is -0.139. The van der Waals surface area contributed by atoms with Gasteiger partial charge in [-0.3, -0.25) is 4.79 Å². The SMILES string of the molecule is COC(=O)Cc1ncc(-c2ccc(C(C)C)cc2)[nH]1. The van der Waals surface area contributed by atoms with Crippen LogP contribution in [-0.4, -0.2) is 23.0 Å². The smallest absolute Gasteiger partial charge is 0.313 e. The van der Waals surface area contributed by atoms with Gasteiger partial charge in [-0.25, -0.2) is 4.98 Å². The van der Waals surface area contributed by atoms with Gasteiger partial charge in [0.15, 0.2) is 0 Å². The van der Waals surface area contributed by atoms with Crippen molar-refractivity contribution < 1.29 is 9.53 Å². The monoisotopic (exact) mass is 258 g/mol. The molecule has 0 aliphatic rings. The van der Waals surface area contributed by atoms with Gasteiger partial charge in [0, 0.05) is 0 Å². The summed E-state index contributed by atoms with van der Waals surface area (Å²) >= 11 is 0. The molecule has 4 heteroatoms. The summed E-state index contributed by atoms with van der Waals surface area (Å²) in [4.78, 5) is 18.5. The highest BCUT2D eigenvalue weighted by Crippen LogP contribution is 2.21. The number of aromatic amines is 1. The maximum absolute atomic E-state index is 11.2. The summed E-state index contributed by atoms with van der Waals surface area (Å²) in [5.74, 6) is 0.844. The van der Waals surface area contributed by atoms with Crippen molar-refractivity contribution in [1.29, 1.82) is 0 Å². The topological polar surface area (TPSA) is 55.0 Å². The van der Waals surface area contributed by atoms with E-state index in [1.807, 2.05) is 0 Å². The summed E-state index contributed by atoms with van der Waals surface area (Å²) in [5.41, 5.74) is 3.28. The number of rotatable bonds is 4. The van der Waals surface area contributed by atoms with Crippen molar-refractivity contribution in [1.82, 2.24) is 9.97 Å². The number of ether oxygens (including phenoxy) is 1. The highest BCUT2D eigenvalue weighted by atomic mass is 16.5. The zero-order valence-corrected chi connectivity index (χ0v) is 11.4. The Balaban J connectivity index is 2.16. The number of H-pyrrole nitrogens is 1. The molecule has 0 amide bonds. The van der Waals surface area contributed by atoms with Gasteiger partial charge in [0.05, 0.1) is 19.0 Å². The van der Waals surface area contributed by atoms with Crippen LogP contribution < -0.4 is 0 Å². The van der Waals surface area contributed by atoms with E-state index in [4.69, 9.17) is 0 Å². The molecule has 0 unspecified atom stereocenters. The van der Waals surface area contributed by atoms with E-state index in [1.54, 1.807) is 6.20 Å². The van der Waals surface area contributed by atoms with Crippen LogP contribution in [0.4, 0.5) is 0 Å². The van der Waals surface area contributed by atoms with Crippen LogP contribution in [-0.2, 0) is 16.0 Å². The molecule has 1 heterocycles. The molecule has 100 valence electrons. The quantitative estimate of drug-likeness (QED) is 0.858. The second-order valence-corrected chi connectivity index (χ2v) is 4.77. The number of hydrogen-bond donors (Lipinski definition) is 1. The van der Waals surface area contributed by atoms with Gasteiger partial charge in [0.2, 0.25) is 0 Å². The van der Waals surface area contributed by atoms with Gasteiger partial charge in [-0.2, -0.15) is 0 Å². The van der Waals surface area contributed by atoms with E-state index in [2.05, 4.69) is 52.8 Å². The van der Waals surface area contributed by atoms with Crippen molar-refractivity contribution in [3.8, 4) is 11.3 Å². The third-order valence-corrected chi connectivity index (χ3v) is 3.06. The number of hydrogen-bond acceptors (Lipinski definition) is 3. The molecule has 1 aromatic heterocycles. The predicted molar refractivity (Wildman–Crippen MR) is 73.8 cm³/mol. The molecule has 0 atom stereocenters. The van der Waals surface area contributed by atoms with E-state index in [0.717, 1.165) is 11.3 Å². The maximum Gasteiger partial charge on any atom is 0.313 e. The zero-order chi connectivity index (χ0) is 13.8. The highest BCUT2D eigenvalue weighted by molar-refractivity contribution is 5.71. The Kier molecular flexibility index (Phi) is 4.00. The number of methoxy groups -OCH3 is 1. The number of nitrogens with zero attached hydrogens (tertiary/aromatic N) is 1. The van der Waals surface area contributed by atoms with Crippen LogP contribution >= 0.6 is 0 Å². The number of carbonyl (C=O) groups excluding carboxylic acids is 1. The summed E-state index contributed by atoms with van der Waals surface area (Å²) in [6.45, 7) is 4.33. The van der Waals surface area contributed by atoms with E-state index >= 15 is 0 Å². The molecule has 0 bridgehead atoms. The van der Waals surface area contributed by atoms with Gasteiger partial charge in [-0.15, -0.1) is 0 Å². The molecule has 2 aromatic rings. The van der Waals surface area contributed by atoms with E-state index in [9.17, 15) is 4.79 Å². The molecule has 0 aliphatic carbocycles. The first-order valence-corrected chi connectivity index (χ1v) is 6.31. The fourth-order valence-electron chi connectivity index (χ4n) is 1.86. The second-order valence-electron chi connectivity index (χ2n) is 4.77. The molecule has 0 aliphatic heterocycles. The number of carbonyl (C=O) groups is 1. The zero-order valence-electron chi connectivity index (χ0n) is 11.4. The largest absolute Gasteiger partial charge is 0.469 e. The molecule has 0 spiro atoms. The number of benzene rings is 1. The highest BCUT2D eigenvalue weighted by Gasteiger charge is 2.08. The normalized spacial score (nSPS) is 10.7. The van der Waals surface area contributed by atoms with Crippen LogP contribution in [0.3, 0.4) is 0 Å². The van der Waals surface area contributed by atoms with E-state index < -0.39 is 0 Å². The van der Waals surface area contributed by atoms with Gasteiger partial charge in [0.25, 0.3) is 0 Å². The second kappa shape index (κ2) is 5.69. The number of nitrogens with one attached hydrogen (secondary N) is 1. The average molecular weight is 258 g/mol. The Labute approximate surface area is 112 Å². The lowest BCUT2D eigenvalue weighted by Crippen LogP contribution is -2.05. The Hall–Kier alpha value is -2.10. The van der Waals surface area contributed by atoms with Gasteiger partial charge >= 0.3 is 5.97 Å². The van der Waals surface area contributed by atoms with Gasteiger partial charge in [-0.1, -0.05) is 38.1 Å². The van der Waals surface area contributed by atoms with Crippen molar-refractivity contribution in [2.45, 2.75) is 26.2 Å². The molecular formula is C15H18N2O2. The Morgan fingerprint density at radius 2 is 2.00 bits per heavy atom. The van der Waals surface area contributed by atoms with Crippen LogP contribution in [0.15, 0.2) is 30.5 Å². The summed E-state index contributed by atoms with van der Waals surface area (Å²) in [6.07, 6.45) is 1.91. The lowest BCUT2D eigenvalue weighted by Gasteiger charge is -2.05. The summed E-state index contributed by atoms with van der Waals surface area (Å²) in [7, 11) is 1.37. The van der Waals surface area contributed by atoms with Gasteiger partial charge < -0.3 is 9.72 Å². The minimum Gasteiger partial charge on any atom is -0.469 e. The lowest BCUT2D eigenvalue weighted by atomic mass is 10.0. The van der Waals surface area contributed by atoms with Crippen molar-refractivity contribution in [2.24, 2.45) is 0 Å². The molecule has 1 N–H and O–H groups in total. The summed E-state index contributed by atoms with van der Waals surface area (Å²) in [6, 6.07) is 8.34. The molecule has 1 aromatic carbocycles. The molecule has 0 saturated heterocycles. The van der Waals surface area contributed by atoms with Crippen LogP contribution in [0.1, 0.15) is 31.2 Å². The van der Waals surface area contributed by atoms with Crippen LogP contribution in [0.2, 0.25) is 0 Å². The number of imidazole rings is 1. The van der Waals surface area contributed by atoms with Crippen molar-refractivity contribution in [3.63, 3.8) is 0 Å². The first kappa shape index (κ1) is 13.3. The fraction of sp³-hybridized carbons (Fsp3) is 0.333. The van der Waals surface area contributed by atoms with Crippen molar-refractivity contribution >= 4 is 5.97 Å². The molecule has 0 saturated carbocycles. The number of aromatic nitrogens is 2. The molecular weight excluding hydrogens is 240 g/mol. The third kappa shape index (κ3) is 3.22. The van der Waals surface area contributed by atoms with Gasteiger partial charge in [-0.05, 0) is 17.0 Å². The summed E-state index contributed by atoms with van der Waals surface area (Å²) < 4.78 is 4.61. The van der Waals surface area contributed by atoms with E-state index in [1.165, 1.54) is 12.7 Å². The number of esters is 1. The van der Waals surface area contributed by atoms with Crippen LogP contribution in [0.5, 0.6) is 0 Å². The fourth-order valence-corrected chi connectivity index (χ4v) is 1.86. The van der Waals surface area contributed by atoms with Crippen molar-refractivity contribution in [3.05, 3.63) is 41.9 Å². The van der Waals surface area contributed by atoms with Crippen LogP contribution in [0, 0.1) is 0 Å². The molecule has 2 rings (SSSR count).